The smallest absolute Gasteiger partial charge is 0.107 e. The predicted molar refractivity (Wildman–Crippen MR) is 90.9 cm³/mol. The first kappa shape index (κ1) is 15.2. The zero-order valence-electron chi connectivity index (χ0n) is 12.9. The van der Waals surface area contributed by atoms with Crippen LogP contribution in [0.4, 0.5) is 0 Å². The van der Waals surface area contributed by atoms with Crippen molar-refractivity contribution >= 4 is 22.7 Å². The van der Waals surface area contributed by atoms with Gasteiger partial charge in [0.2, 0.25) is 0 Å². The third-order valence-corrected chi connectivity index (χ3v) is 5.92. The lowest BCUT2D eigenvalue weighted by atomic mass is 10.0. The molecule has 0 fully saturated rings. The standard InChI is InChI=1S/C16H23N3S2/c1-11(2)17-8-16-18-13(10-21-16)9-19-6-4-15-14(12(19)3)5-7-20-15/h5,7,10-12,17H,4,6,8-9H2,1-3H3. The van der Waals surface area contributed by atoms with Gasteiger partial charge in [0.05, 0.1) is 5.69 Å². The van der Waals surface area contributed by atoms with Gasteiger partial charge in [-0.25, -0.2) is 4.98 Å². The van der Waals surface area contributed by atoms with Crippen molar-refractivity contribution in [3.05, 3.63) is 38.0 Å². The Bertz CT molecular complexity index is 588. The third kappa shape index (κ3) is 3.54. The molecule has 0 saturated heterocycles. The number of thiophene rings is 1. The minimum atomic E-state index is 0.511. The van der Waals surface area contributed by atoms with Crippen molar-refractivity contribution < 1.29 is 0 Å². The van der Waals surface area contributed by atoms with E-state index >= 15 is 0 Å². The summed E-state index contributed by atoms with van der Waals surface area (Å²) in [5, 5.41) is 9.07. The molecule has 0 aliphatic carbocycles. The van der Waals surface area contributed by atoms with Crippen LogP contribution >= 0.6 is 22.7 Å². The van der Waals surface area contributed by atoms with Crippen LogP contribution in [0, 0.1) is 0 Å². The van der Waals surface area contributed by atoms with E-state index in [4.69, 9.17) is 4.98 Å². The lowest BCUT2D eigenvalue weighted by Crippen LogP contribution is -2.32. The van der Waals surface area contributed by atoms with Crippen molar-refractivity contribution in [2.45, 2.75) is 52.4 Å². The van der Waals surface area contributed by atoms with Crippen LogP contribution in [0.25, 0.3) is 0 Å². The quantitative estimate of drug-likeness (QED) is 0.907. The van der Waals surface area contributed by atoms with Crippen LogP contribution in [0.1, 0.15) is 48.0 Å². The highest BCUT2D eigenvalue weighted by Crippen LogP contribution is 2.33. The molecule has 1 aliphatic rings. The number of fused-ring (bicyclic) bond motifs is 1. The summed E-state index contributed by atoms with van der Waals surface area (Å²) in [6.45, 7) is 9.65. The van der Waals surface area contributed by atoms with Crippen LogP contribution in [0.3, 0.4) is 0 Å². The number of hydrogen-bond acceptors (Lipinski definition) is 5. The summed E-state index contributed by atoms with van der Waals surface area (Å²) in [7, 11) is 0. The van der Waals surface area contributed by atoms with Crippen molar-refractivity contribution in [1.82, 2.24) is 15.2 Å². The second kappa shape index (κ2) is 6.57. The van der Waals surface area contributed by atoms with Crippen LogP contribution in [0.2, 0.25) is 0 Å². The molecule has 3 nitrogen and oxygen atoms in total. The van der Waals surface area contributed by atoms with Crippen molar-refractivity contribution in [3.63, 3.8) is 0 Å². The molecule has 3 rings (SSSR count). The van der Waals surface area contributed by atoms with E-state index in [9.17, 15) is 0 Å². The van der Waals surface area contributed by atoms with E-state index in [0.717, 1.165) is 19.6 Å². The van der Waals surface area contributed by atoms with Crippen LogP contribution in [0.15, 0.2) is 16.8 Å². The van der Waals surface area contributed by atoms with Gasteiger partial charge in [-0.15, -0.1) is 22.7 Å². The molecule has 0 radical (unpaired) electrons. The highest BCUT2D eigenvalue weighted by atomic mass is 32.1. The highest BCUT2D eigenvalue weighted by molar-refractivity contribution is 7.10. The molecular weight excluding hydrogens is 298 g/mol. The van der Waals surface area contributed by atoms with Crippen molar-refractivity contribution in [1.29, 1.82) is 0 Å². The minimum Gasteiger partial charge on any atom is -0.308 e. The van der Waals surface area contributed by atoms with Crippen LogP contribution in [-0.4, -0.2) is 22.5 Å². The molecule has 0 amide bonds. The maximum atomic E-state index is 4.77. The zero-order chi connectivity index (χ0) is 14.8. The minimum absolute atomic E-state index is 0.511. The molecule has 114 valence electrons. The van der Waals surface area contributed by atoms with Crippen LogP contribution < -0.4 is 5.32 Å². The Balaban J connectivity index is 1.62. The maximum Gasteiger partial charge on any atom is 0.107 e. The second-order valence-corrected chi connectivity index (χ2v) is 7.91. The first-order valence-corrected chi connectivity index (χ1v) is 9.36. The van der Waals surface area contributed by atoms with E-state index in [1.807, 2.05) is 11.3 Å². The Morgan fingerprint density at radius 3 is 3.10 bits per heavy atom. The van der Waals surface area contributed by atoms with E-state index in [-0.39, 0.29) is 0 Å². The normalized spacial score (nSPS) is 19.1. The van der Waals surface area contributed by atoms with Crippen molar-refractivity contribution in [2.75, 3.05) is 6.54 Å². The highest BCUT2D eigenvalue weighted by Gasteiger charge is 2.25. The Hall–Kier alpha value is -0.750. The Kier molecular flexibility index (Phi) is 4.74. The maximum absolute atomic E-state index is 4.77. The van der Waals surface area contributed by atoms with Gasteiger partial charge in [-0.2, -0.15) is 0 Å². The summed E-state index contributed by atoms with van der Waals surface area (Å²) >= 11 is 3.67. The first-order valence-electron chi connectivity index (χ1n) is 7.60. The lowest BCUT2D eigenvalue weighted by molar-refractivity contribution is 0.189. The Labute approximate surface area is 135 Å². The van der Waals surface area contributed by atoms with Gasteiger partial charge in [0, 0.05) is 42.0 Å². The summed E-state index contributed by atoms with van der Waals surface area (Å²) in [5.74, 6) is 0. The molecule has 1 atom stereocenters. The molecule has 2 aromatic rings. The molecule has 1 aliphatic heterocycles. The van der Waals surface area contributed by atoms with Gasteiger partial charge in [-0.1, -0.05) is 13.8 Å². The number of nitrogens with one attached hydrogen (secondary N) is 1. The molecule has 21 heavy (non-hydrogen) atoms. The largest absolute Gasteiger partial charge is 0.308 e. The van der Waals surface area contributed by atoms with Gasteiger partial charge in [-0.05, 0) is 30.4 Å². The second-order valence-electron chi connectivity index (χ2n) is 5.96. The van der Waals surface area contributed by atoms with Gasteiger partial charge in [0.25, 0.3) is 0 Å². The van der Waals surface area contributed by atoms with Gasteiger partial charge in [0.1, 0.15) is 5.01 Å². The summed E-state index contributed by atoms with van der Waals surface area (Å²) in [5.41, 5.74) is 2.73. The van der Waals surface area contributed by atoms with Gasteiger partial charge in [0.15, 0.2) is 0 Å². The average molecular weight is 322 g/mol. The van der Waals surface area contributed by atoms with Gasteiger partial charge >= 0.3 is 0 Å². The molecule has 3 heterocycles. The number of hydrogen-bond donors (Lipinski definition) is 1. The van der Waals surface area contributed by atoms with Gasteiger partial charge < -0.3 is 5.32 Å². The fraction of sp³-hybridized carbons (Fsp3) is 0.562. The predicted octanol–water partition coefficient (Wildman–Crippen LogP) is 3.82. The molecule has 2 aromatic heterocycles. The van der Waals surface area contributed by atoms with E-state index in [1.54, 1.807) is 16.2 Å². The third-order valence-electron chi connectivity index (χ3n) is 4.03. The molecule has 0 spiro atoms. The summed E-state index contributed by atoms with van der Waals surface area (Å²) in [4.78, 5) is 8.89. The summed E-state index contributed by atoms with van der Waals surface area (Å²) < 4.78 is 0. The first-order chi connectivity index (χ1) is 10.1. The fourth-order valence-electron chi connectivity index (χ4n) is 2.78. The fourth-order valence-corrected chi connectivity index (χ4v) is 4.48. The number of nitrogens with zero attached hydrogens (tertiary/aromatic N) is 2. The van der Waals surface area contributed by atoms with Gasteiger partial charge in [-0.3, -0.25) is 4.90 Å². The molecular formula is C16H23N3S2. The Morgan fingerprint density at radius 2 is 2.29 bits per heavy atom. The SMILES string of the molecule is CC(C)NCc1nc(CN2CCc3sccc3C2C)cs1. The molecule has 0 saturated carbocycles. The zero-order valence-corrected chi connectivity index (χ0v) is 14.6. The van der Waals surface area contributed by atoms with Crippen LogP contribution in [0.5, 0.6) is 0 Å². The lowest BCUT2D eigenvalue weighted by Gasteiger charge is -2.33. The topological polar surface area (TPSA) is 28.2 Å². The molecule has 0 bridgehead atoms. The number of rotatable bonds is 5. The average Bonchev–Trinajstić information content (AvgIpc) is 3.09. The van der Waals surface area contributed by atoms with Crippen LogP contribution in [-0.2, 0) is 19.5 Å². The molecule has 1 unspecified atom stereocenters. The van der Waals surface area contributed by atoms with E-state index in [0.29, 0.717) is 12.1 Å². The van der Waals surface area contributed by atoms with E-state index in [1.165, 1.54) is 22.7 Å². The molecule has 0 aromatic carbocycles. The number of thiazole rings is 1. The Morgan fingerprint density at radius 1 is 1.43 bits per heavy atom. The monoisotopic (exact) mass is 321 g/mol. The molecule has 1 N–H and O–H groups in total. The number of aromatic nitrogens is 1. The summed E-state index contributed by atoms with van der Waals surface area (Å²) in [6, 6.07) is 3.31. The van der Waals surface area contributed by atoms with E-state index < -0.39 is 0 Å². The van der Waals surface area contributed by atoms with Crippen molar-refractivity contribution in [2.24, 2.45) is 0 Å². The van der Waals surface area contributed by atoms with E-state index in [2.05, 4.69) is 47.8 Å². The molecule has 5 heteroatoms. The summed E-state index contributed by atoms with van der Waals surface area (Å²) in [6.07, 6.45) is 1.18. The van der Waals surface area contributed by atoms with Crippen molar-refractivity contribution in [3.8, 4) is 0 Å².